The molecule has 6 N–H and O–H groups in total. The molecule has 0 bridgehead atoms. The van der Waals surface area contributed by atoms with Gasteiger partial charge >= 0.3 is 0 Å². The van der Waals surface area contributed by atoms with Crippen LogP contribution >= 0.6 is 0 Å². The minimum absolute atomic E-state index is 0.697. The van der Waals surface area contributed by atoms with E-state index < -0.39 is 27.4 Å². The molecule has 0 aliphatic rings. The molecule has 0 aliphatic heterocycles. The summed E-state index contributed by atoms with van der Waals surface area (Å²) >= 11 is 0. The number of aliphatic hydroxyl groups is 3. The Morgan fingerprint density at radius 1 is 1.33 bits per heavy atom. The molecular weight excluding hydrogens is 190 g/mol. The van der Waals surface area contributed by atoms with E-state index in [-0.39, 0.29) is 0 Å². The van der Waals surface area contributed by atoms with Crippen LogP contribution in [0, 0.1) is 0 Å². The predicted molar refractivity (Wildman–Crippen MR) is 38.4 cm³/mol. The molecular formula is C4H11NO6S. The molecule has 0 saturated heterocycles. The average molecular weight is 201 g/mol. The Labute approximate surface area is 69.2 Å². The maximum Gasteiger partial charge on any atom is 0.299 e. The first-order chi connectivity index (χ1) is 5.06. The van der Waals surface area contributed by atoms with E-state index in [1.54, 1.807) is 0 Å². The van der Waals surface area contributed by atoms with E-state index in [9.17, 15) is 8.42 Å². The van der Waals surface area contributed by atoms with E-state index >= 15 is 0 Å². The number of hydrogen-bond acceptors (Lipinski definition) is 6. The van der Waals surface area contributed by atoms with Crippen LogP contribution in [-0.2, 0) is 10.1 Å². The quantitative estimate of drug-likeness (QED) is 0.245. The van der Waals surface area contributed by atoms with Gasteiger partial charge in [-0.25, -0.2) is 0 Å². The summed E-state index contributed by atoms with van der Waals surface area (Å²) in [6.07, 6.45) is 0. The fraction of sp³-hybridized carbons (Fsp3) is 1.00. The molecule has 8 heteroatoms. The summed E-state index contributed by atoms with van der Waals surface area (Å²) in [6.45, 7) is -0.141. The normalized spacial score (nSPS) is 18.8. The maximum absolute atomic E-state index is 10.5. The Morgan fingerprint density at radius 2 is 1.67 bits per heavy atom. The zero-order valence-electron chi connectivity index (χ0n) is 6.30. The molecule has 0 aromatic carbocycles. The van der Waals surface area contributed by atoms with Crippen molar-refractivity contribution in [2.45, 2.75) is 17.6 Å². The summed E-state index contributed by atoms with van der Waals surface area (Å²) in [4.78, 5) is 0. The lowest BCUT2D eigenvalue weighted by atomic mass is 10.1. The summed E-state index contributed by atoms with van der Waals surface area (Å²) in [5, 5.41) is 25.7. The highest BCUT2D eigenvalue weighted by atomic mass is 32.2. The standard InChI is InChI=1S/C4H11NO6S/c1-3(2-5,4(6,7)8)12(9,10)11/h6-8H,2,5H2,1H3,(H,9,10,11). The van der Waals surface area contributed by atoms with Crippen LogP contribution < -0.4 is 5.73 Å². The van der Waals surface area contributed by atoms with Crippen LogP contribution in [0.2, 0.25) is 0 Å². The van der Waals surface area contributed by atoms with Crippen LogP contribution in [0.15, 0.2) is 0 Å². The Hall–Kier alpha value is -0.250. The van der Waals surface area contributed by atoms with Crippen molar-refractivity contribution in [1.82, 2.24) is 0 Å². The van der Waals surface area contributed by atoms with Crippen LogP contribution in [0.1, 0.15) is 6.92 Å². The summed E-state index contributed by atoms with van der Waals surface area (Å²) in [5.41, 5.74) is 4.86. The van der Waals surface area contributed by atoms with E-state index in [2.05, 4.69) is 0 Å². The lowest BCUT2D eigenvalue weighted by Crippen LogP contribution is -2.61. The highest BCUT2D eigenvalue weighted by Crippen LogP contribution is 2.24. The molecule has 0 aromatic heterocycles. The van der Waals surface area contributed by atoms with Crippen molar-refractivity contribution in [2.24, 2.45) is 5.73 Å². The third-order valence-electron chi connectivity index (χ3n) is 1.67. The molecule has 12 heavy (non-hydrogen) atoms. The Morgan fingerprint density at radius 3 is 1.67 bits per heavy atom. The fourth-order valence-corrected chi connectivity index (χ4v) is 0.972. The van der Waals surface area contributed by atoms with E-state index in [0.717, 1.165) is 0 Å². The first-order valence-corrected chi connectivity index (χ1v) is 4.34. The van der Waals surface area contributed by atoms with Gasteiger partial charge in [-0.2, -0.15) is 8.42 Å². The lowest BCUT2D eigenvalue weighted by molar-refractivity contribution is -0.328. The topological polar surface area (TPSA) is 141 Å². The summed E-state index contributed by atoms with van der Waals surface area (Å²) < 4.78 is 26.9. The second-order valence-corrected chi connectivity index (χ2v) is 4.40. The molecule has 0 radical (unpaired) electrons. The highest BCUT2D eigenvalue weighted by Gasteiger charge is 2.54. The second kappa shape index (κ2) is 2.91. The van der Waals surface area contributed by atoms with E-state index in [1.807, 2.05) is 0 Å². The summed E-state index contributed by atoms with van der Waals surface area (Å²) in [5.74, 6) is -3.57. The highest BCUT2D eigenvalue weighted by molar-refractivity contribution is 7.87. The minimum atomic E-state index is -4.85. The molecule has 1 unspecified atom stereocenters. The van der Waals surface area contributed by atoms with Crippen LogP contribution in [-0.4, -0.2) is 45.6 Å². The molecule has 74 valence electrons. The van der Waals surface area contributed by atoms with Gasteiger partial charge in [0.05, 0.1) is 0 Å². The molecule has 7 nitrogen and oxygen atoms in total. The smallest absolute Gasteiger partial charge is 0.299 e. The van der Waals surface area contributed by atoms with Gasteiger partial charge in [0.2, 0.25) is 0 Å². The molecule has 1 atom stereocenters. The zero-order valence-corrected chi connectivity index (χ0v) is 7.11. The van der Waals surface area contributed by atoms with Crippen molar-refractivity contribution >= 4 is 10.1 Å². The third kappa shape index (κ3) is 1.73. The third-order valence-corrected chi connectivity index (χ3v) is 3.25. The molecule has 0 amide bonds. The van der Waals surface area contributed by atoms with Gasteiger partial charge in [0.25, 0.3) is 16.1 Å². The van der Waals surface area contributed by atoms with Gasteiger partial charge in [-0.05, 0) is 6.92 Å². The van der Waals surface area contributed by atoms with Crippen molar-refractivity contribution in [1.29, 1.82) is 0 Å². The van der Waals surface area contributed by atoms with Crippen LogP contribution in [0.3, 0.4) is 0 Å². The van der Waals surface area contributed by atoms with Gasteiger partial charge in [-0.15, -0.1) is 0 Å². The number of rotatable bonds is 3. The lowest BCUT2D eigenvalue weighted by Gasteiger charge is -2.32. The van der Waals surface area contributed by atoms with E-state index in [4.69, 9.17) is 25.6 Å². The van der Waals surface area contributed by atoms with E-state index in [1.165, 1.54) is 0 Å². The van der Waals surface area contributed by atoms with Crippen molar-refractivity contribution in [3.05, 3.63) is 0 Å². The molecule has 0 fully saturated rings. The number of hydrogen-bond donors (Lipinski definition) is 5. The predicted octanol–water partition coefficient (Wildman–Crippen LogP) is -2.78. The average Bonchev–Trinajstić information content (AvgIpc) is 1.81. The Bertz CT molecular complexity index is 253. The Balaban J connectivity index is 5.25. The second-order valence-electron chi connectivity index (χ2n) is 2.55. The zero-order chi connectivity index (χ0) is 10.2. The SMILES string of the molecule is CC(CN)(C(O)(O)O)S(=O)(=O)O. The molecule has 0 aliphatic carbocycles. The monoisotopic (exact) mass is 201 g/mol. The number of nitrogens with two attached hydrogens (primary N) is 1. The van der Waals surface area contributed by atoms with Crippen molar-refractivity contribution in [2.75, 3.05) is 6.54 Å². The van der Waals surface area contributed by atoms with Crippen LogP contribution in [0.5, 0.6) is 0 Å². The van der Waals surface area contributed by atoms with Gasteiger partial charge < -0.3 is 21.1 Å². The van der Waals surface area contributed by atoms with E-state index in [0.29, 0.717) is 6.92 Å². The van der Waals surface area contributed by atoms with Gasteiger partial charge in [-0.1, -0.05) is 0 Å². The maximum atomic E-state index is 10.5. The first kappa shape index (κ1) is 11.8. The molecule has 0 spiro atoms. The van der Waals surface area contributed by atoms with Gasteiger partial charge in [-0.3, -0.25) is 4.55 Å². The molecule has 0 rings (SSSR count). The largest absolute Gasteiger partial charge is 0.342 e. The fourth-order valence-electron chi connectivity index (χ4n) is 0.415. The molecule has 0 aromatic rings. The van der Waals surface area contributed by atoms with Crippen molar-refractivity contribution in [3.63, 3.8) is 0 Å². The summed E-state index contributed by atoms with van der Waals surface area (Å²) in [6, 6.07) is 0. The van der Waals surface area contributed by atoms with Crippen molar-refractivity contribution < 1.29 is 28.3 Å². The van der Waals surface area contributed by atoms with Crippen molar-refractivity contribution in [3.8, 4) is 0 Å². The summed E-state index contributed by atoms with van der Waals surface area (Å²) in [7, 11) is -4.85. The first-order valence-electron chi connectivity index (χ1n) is 2.90. The Kier molecular flexibility index (Phi) is 2.85. The molecule has 0 saturated carbocycles. The van der Waals surface area contributed by atoms with Gasteiger partial charge in [0.1, 0.15) is 0 Å². The van der Waals surface area contributed by atoms with Crippen LogP contribution in [0.25, 0.3) is 0 Å². The molecule has 0 heterocycles. The van der Waals surface area contributed by atoms with Gasteiger partial charge in [0.15, 0.2) is 4.75 Å². The van der Waals surface area contributed by atoms with Crippen LogP contribution in [0.4, 0.5) is 0 Å². The van der Waals surface area contributed by atoms with Gasteiger partial charge in [0, 0.05) is 6.54 Å². The minimum Gasteiger partial charge on any atom is -0.342 e.